The molecule has 3 aromatic rings. The van der Waals surface area contributed by atoms with E-state index < -0.39 is 16.7 Å². The van der Waals surface area contributed by atoms with Crippen LogP contribution in [0.5, 0.6) is 0 Å². The highest BCUT2D eigenvalue weighted by Crippen LogP contribution is 2.31. The topological polar surface area (TPSA) is 79.8 Å². The molecular weight excluding hydrogens is 427 g/mol. The Morgan fingerprint density at radius 2 is 1.53 bits per heavy atom. The van der Waals surface area contributed by atoms with E-state index in [1.165, 1.54) is 24.3 Å². The number of amides is 1. The second kappa shape index (κ2) is 8.37. The number of hydrogen-bond donors (Lipinski definition) is 0. The Morgan fingerprint density at radius 3 is 2.09 bits per heavy atom. The van der Waals surface area contributed by atoms with E-state index in [9.17, 15) is 28.1 Å². The van der Waals surface area contributed by atoms with Gasteiger partial charge in [0.25, 0.3) is 11.6 Å². The van der Waals surface area contributed by atoms with Crippen LogP contribution < -0.4 is 4.90 Å². The van der Waals surface area contributed by atoms with Gasteiger partial charge < -0.3 is 14.2 Å². The summed E-state index contributed by atoms with van der Waals surface area (Å²) in [6, 6.07) is 14.0. The minimum Gasteiger partial charge on any atom is -0.451 e. The maximum atomic E-state index is 12.8. The summed E-state index contributed by atoms with van der Waals surface area (Å²) in [6.45, 7) is 1.75. The van der Waals surface area contributed by atoms with Crippen molar-refractivity contribution in [3.8, 4) is 11.3 Å². The molecule has 0 radical (unpaired) electrons. The predicted molar refractivity (Wildman–Crippen MR) is 110 cm³/mol. The van der Waals surface area contributed by atoms with Crippen LogP contribution in [0.3, 0.4) is 0 Å². The van der Waals surface area contributed by atoms with Gasteiger partial charge in [-0.3, -0.25) is 14.9 Å². The Morgan fingerprint density at radius 1 is 0.906 bits per heavy atom. The Kier molecular flexibility index (Phi) is 5.60. The zero-order chi connectivity index (χ0) is 22.9. The van der Waals surface area contributed by atoms with E-state index in [4.69, 9.17) is 4.42 Å². The summed E-state index contributed by atoms with van der Waals surface area (Å²) in [6.07, 6.45) is -4.37. The zero-order valence-corrected chi connectivity index (χ0v) is 16.7. The second-order valence-corrected chi connectivity index (χ2v) is 7.29. The van der Waals surface area contributed by atoms with Crippen LogP contribution in [0.1, 0.15) is 16.1 Å². The number of carbonyl (C=O) groups is 1. The summed E-state index contributed by atoms with van der Waals surface area (Å²) in [5.41, 5.74) is 0.546. The summed E-state index contributed by atoms with van der Waals surface area (Å²) in [5, 5.41) is 10.8. The van der Waals surface area contributed by atoms with Gasteiger partial charge >= 0.3 is 6.18 Å². The average molecular weight is 445 g/mol. The minimum absolute atomic E-state index is 0.0393. The van der Waals surface area contributed by atoms with E-state index in [2.05, 4.69) is 0 Å². The van der Waals surface area contributed by atoms with Crippen molar-refractivity contribution in [3.63, 3.8) is 0 Å². The highest BCUT2D eigenvalue weighted by molar-refractivity contribution is 5.92. The molecule has 0 N–H and O–H groups in total. The van der Waals surface area contributed by atoms with E-state index in [1.54, 1.807) is 29.2 Å². The van der Waals surface area contributed by atoms with Crippen molar-refractivity contribution >= 4 is 17.3 Å². The van der Waals surface area contributed by atoms with Crippen LogP contribution in [-0.4, -0.2) is 41.9 Å². The molecule has 0 saturated carbocycles. The smallest absolute Gasteiger partial charge is 0.416 e. The van der Waals surface area contributed by atoms with Gasteiger partial charge in [-0.25, -0.2) is 0 Å². The van der Waals surface area contributed by atoms with Crippen LogP contribution in [0.4, 0.5) is 24.5 Å². The molecule has 0 spiro atoms. The van der Waals surface area contributed by atoms with E-state index in [1.807, 2.05) is 4.90 Å². The number of hydrogen-bond acceptors (Lipinski definition) is 5. The molecule has 1 aliphatic heterocycles. The van der Waals surface area contributed by atoms with Gasteiger partial charge in [0, 0.05) is 49.6 Å². The molecule has 1 fully saturated rings. The van der Waals surface area contributed by atoms with Crippen molar-refractivity contribution in [1.82, 2.24) is 4.90 Å². The van der Waals surface area contributed by atoms with Gasteiger partial charge in [-0.05, 0) is 48.5 Å². The third-order valence-electron chi connectivity index (χ3n) is 5.31. The monoisotopic (exact) mass is 445 g/mol. The summed E-state index contributed by atoms with van der Waals surface area (Å²) in [5.74, 6) is 0.290. The number of furan rings is 1. The third-order valence-corrected chi connectivity index (χ3v) is 5.31. The molecular formula is C22H18F3N3O4. The number of nitro benzene ring substituents is 1. The van der Waals surface area contributed by atoms with Crippen LogP contribution in [0.15, 0.2) is 65.1 Å². The maximum absolute atomic E-state index is 12.8. The van der Waals surface area contributed by atoms with E-state index >= 15 is 0 Å². The Bertz CT molecular complexity index is 1120. The summed E-state index contributed by atoms with van der Waals surface area (Å²) in [4.78, 5) is 26.6. The molecule has 4 rings (SSSR count). The number of alkyl halides is 3. The van der Waals surface area contributed by atoms with Crippen molar-refractivity contribution in [2.75, 3.05) is 31.1 Å². The summed E-state index contributed by atoms with van der Waals surface area (Å²) < 4.78 is 43.8. The first-order valence-corrected chi connectivity index (χ1v) is 9.78. The number of piperazine rings is 1. The normalized spacial score (nSPS) is 14.5. The minimum atomic E-state index is -4.37. The van der Waals surface area contributed by atoms with Crippen LogP contribution in [0.25, 0.3) is 11.3 Å². The average Bonchev–Trinajstić information content (AvgIpc) is 3.28. The zero-order valence-electron chi connectivity index (χ0n) is 16.7. The fraction of sp³-hybridized carbons (Fsp3) is 0.227. The van der Waals surface area contributed by atoms with E-state index in [0.717, 1.165) is 12.1 Å². The quantitative estimate of drug-likeness (QED) is 0.424. The molecule has 2 heterocycles. The maximum Gasteiger partial charge on any atom is 0.416 e. The molecule has 32 heavy (non-hydrogen) atoms. The standard InChI is InChI=1S/C22H18F3N3O4/c23-22(24,25)16-3-7-17(8-4-16)26-11-13-27(14-12-26)21(29)20-10-9-19(32-20)15-1-5-18(6-2-15)28(30)31/h1-10H,11-14H2. The fourth-order valence-corrected chi connectivity index (χ4v) is 3.54. The lowest BCUT2D eigenvalue weighted by molar-refractivity contribution is -0.384. The number of rotatable bonds is 4. The number of nitro groups is 1. The lowest BCUT2D eigenvalue weighted by Crippen LogP contribution is -2.48. The van der Waals surface area contributed by atoms with Crippen LogP contribution >= 0.6 is 0 Å². The summed E-state index contributed by atoms with van der Waals surface area (Å²) >= 11 is 0. The molecule has 10 heteroatoms. The van der Waals surface area contributed by atoms with Crippen molar-refractivity contribution in [1.29, 1.82) is 0 Å². The molecule has 1 aromatic heterocycles. The summed E-state index contributed by atoms with van der Waals surface area (Å²) in [7, 11) is 0. The molecule has 0 atom stereocenters. The van der Waals surface area contributed by atoms with Gasteiger partial charge in [-0.2, -0.15) is 13.2 Å². The number of carbonyl (C=O) groups excluding carboxylic acids is 1. The number of benzene rings is 2. The largest absolute Gasteiger partial charge is 0.451 e. The fourth-order valence-electron chi connectivity index (χ4n) is 3.54. The number of anilines is 1. The van der Waals surface area contributed by atoms with E-state index in [0.29, 0.717) is 43.2 Å². The molecule has 1 aliphatic rings. The predicted octanol–water partition coefficient (Wildman–Crippen LogP) is 4.84. The first-order chi connectivity index (χ1) is 15.2. The molecule has 0 aliphatic carbocycles. The highest BCUT2D eigenvalue weighted by atomic mass is 19.4. The number of non-ortho nitro benzene ring substituents is 1. The van der Waals surface area contributed by atoms with Gasteiger partial charge in [0.2, 0.25) is 0 Å². The van der Waals surface area contributed by atoms with Gasteiger partial charge in [-0.1, -0.05) is 0 Å². The van der Waals surface area contributed by atoms with Gasteiger partial charge in [0.15, 0.2) is 5.76 Å². The lowest BCUT2D eigenvalue weighted by Gasteiger charge is -2.35. The third kappa shape index (κ3) is 4.43. The molecule has 166 valence electrons. The Labute approximate surface area is 180 Å². The number of halogens is 3. The van der Waals surface area contributed by atoms with Crippen molar-refractivity contribution in [3.05, 3.63) is 82.1 Å². The SMILES string of the molecule is O=C(c1ccc(-c2ccc([N+](=O)[O-])cc2)o1)N1CCN(c2ccc(C(F)(F)F)cc2)CC1. The van der Waals surface area contributed by atoms with Gasteiger partial charge in [-0.15, -0.1) is 0 Å². The molecule has 0 bridgehead atoms. The van der Waals surface area contributed by atoms with Crippen molar-refractivity contribution in [2.24, 2.45) is 0 Å². The molecule has 1 amide bonds. The molecule has 2 aromatic carbocycles. The van der Waals surface area contributed by atoms with Crippen molar-refractivity contribution < 1.29 is 27.3 Å². The Hall–Kier alpha value is -3.82. The lowest BCUT2D eigenvalue weighted by atomic mass is 10.1. The van der Waals surface area contributed by atoms with E-state index in [-0.39, 0.29) is 17.4 Å². The van der Waals surface area contributed by atoms with Crippen molar-refractivity contribution in [2.45, 2.75) is 6.18 Å². The number of nitrogens with zero attached hydrogens (tertiary/aromatic N) is 3. The Balaban J connectivity index is 1.38. The van der Waals surface area contributed by atoms with Crippen LogP contribution in [-0.2, 0) is 6.18 Å². The molecule has 0 unspecified atom stereocenters. The highest BCUT2D eigenvalue weighted by Gasteiger charge is 2.30. The molecule has 7 nitrogen and oxygen atoms in total. The van der Waals surface area contributed by atoms with Crippen LogP contribution in [0.2, 0.25) is 0 Å². The first kappa shape index (κ1) is 21.4. The molecule has 1 saturated heterocycles. The first-order valence-electron chi connectivity index (χ1n) is 9.78. The second-order valence-electron chi connectivity index (χ2n) is 7.29. The van der Waals surface area contributed by atoms with Gasteiger partial charge in [0.1, 0.15) is 5.76 Å². The van der Waals surface area contributed by atoms with Crippen LogP contribution in [0, 0.1) is 10.1 Å². The van der Waals surface area contributed by atoms with Gasteiger partial charge in [0.05, 0.1) is 10.5 Å².